The van der Waals surface area contributed by atoms with Gasteiger partial charge in [-0.2, -0.15) is 0 Å². The van der Waals surface area contributed by atoms with Crippen molar-refractivity contribution < 1.29 is 18.7 Å². The zero-order valence-electron chi connectivity index (χ0n) is 19.8. The fourth-order valence-corrected chi connectivity index (χ4v) is 4.22. The molecule has 0 fully saturated rings. The van der Waals surface area contributed by atoms with Gasteiger partial charge >= 0.3 is 0 Å². The van der Waals surface area contributed by atoms with Crippen LogP contribution in [0.1, 0.15) is 11.4 Å². The van der Waals surface area contributed by atoms with Gasteiger partial charge in [0.05, 0.1) is 18.0 Å². The molecule has 0 atom stereocenters. The summed E-state index contributed by atoms with van der Waals surface area (Å²) in [5.74, 6) is -0.256. The Kier molecular flexibility index (Phi) is 8.76. The lowest BCUT2D eigenvalue weighted by atomic mass is 10.2. The molecule has 4 aromatic rings. The summed E-state index contributed by atoms with van der Waals surface area (Å²) in [5, 5.41) is 14.8. The molecule has 0 aliphatic heterocycles. The number of amides is 2. The summed E-state index contributed by atoms with van der Waals surface area (Å²) in [7, 11) is 0. The lowest BCUT2D eigenvalue weighted by Gasteiger charge is -2.12. The number of hydrogen-bond acceptors (Lipinski definition) is 6. The molecule has 0 saturated carbocycles. The van der Waals surface area contributed by atoms with Gasteiger partial charge in [-0.1, -0.05) is 47.6 Å². The fourth-order valence-electron chi connectivity index (χ4n) is 3.32. The molecule has 8 nitrogen and oxygen atoms in total. The third kappa shape index (κ3) is 7.31. The maximum Gasteiger partial charge on any atom is 0.258 e. The summed E-state index contributed by atoms with van der Waals surface area (Å²) in [4.78, 5) is 24.8. The van der Waals surface area contributed by atoms with Gasteiger partial charge in [0.15, 0.2) is 17.6 Å². The van der Waals surface area contributed by atoms with Gasteiger partial charge in [0, 0.05) is 10.7 Å². The number of aromatic nitrogens is 3. The molecule has 190 valence electrons. The quantitative estimate of drug-likeness (QED) is 0.281. The van der Waals surface area contributed by atoms with Gasteiger partial charge in [-0.25, -0.2) is 4.39 Å². The van der Waals surface area contributed by atoms with E-state index in [2.05, 4.69) is 20.8 Å². The van der Waals surface area contributed by atoms with E-state index in [9.17, 15) is 14.0 Å². The Labute approximate surface area is 222 Å². The Bertz CT molecular complexity index is 1400. The highest BCUT2D eigenvalue weighted by atomic mass is 35.5. The van der Waals surface area contributed by atoms with Crippen LogP contribution in [0.3, 0.4) is 0 Å². The Balaban J connectivity index is 1.43. The molecular formula is C26H23ClFN5O3S. The topological polar surface area (TPSA) is 98.1 Å². The summed E-state index contributed by atoms with van der Waals surface area (Å²) in [6.07, 6.45) is 0. The minimum absolute atomic E-state index is 0.0143. The summed E-state index contributed by atoms with van der Waals surface area (Å²) in [5.41, 5.74) is 1.91. The second-order valence-electron chi connectivity index (χ2n) is 7.91. The van der Waals surface area contributed by atoms with Crippen molar-refractivity contribution >= 4 is 40.9 Å². The van der Waals surface area contributed by atoms with Gasteiger partial charge in [-0.3, -0.25) is 14.2 Å². The number of aryl methyl sites for hydroxylation is 1. The van der Waals surface area contributed by atoms with Crippen molar-refractivity contribution in [1.82, 2.24) is 20.1 Å². The first kappa shape index (κ1) is 26.2. The minimum atomic E-state index is -0.512. The maximum atomic E-state index is 13.9. The number of nitrogens with zero attached hydrogens (tertiary/aromatic N) is 3. The normalized spacial score (nSPS) is 10.7. The zero-order chi connectivity index (χ0) is 26.2. The number of benzene rings is 3. The van der Waals surface area contributed by atoms with Gasteiger partial charge in [-0.15, -0.1) is 10.2 Å². The third-order valence-corrected chi connectivity index (χ3v) is 6.25. The van der Waals surface area contributed by atoms with Crippen molar-refractivity contribution in [3.8, 4) is 11.4 Å². The third-order valence-electron chi connectivity index (χ3n) is 5.07. The van der Waals surface area contributed by atoms with Gasteiger partial charge in [-0.05, 0) is 61.0 Å². The van der Waals surface area contributed by atoms with Gasteiger partial charge < -0.3 is 15.4 Å². The highest BCUT2D eigenvalue weighted by molar-refractivity contribution is 7.99. The molecule has 3 aromatic carbocycles. The SMILES string of the molecule is Cc1cccc(-n2c(CNC(=O)COc3ccc(Cl)cc3)nnc2SCC(=O)Nc2ccccc2F)c1. The van der Waals surface area contributed by atoms with E-state index in [1.54, 1.807) is 41.0 Å². The van der Waals surface area contributed by atoms with E-state index >= 15 is 0 Å². The predicted octanol–water partition coefficient (Wildman–Crippen LogP) is 4.79. The van der Waals surface area contributed by atoms with E-state index in [0.717, 1.165) is 23.0 Å². The van der Waals surface area contributed by atoms with E-state index < -0.39 is 5.82 Å². The van der Waals surface area contributed by atoms with Crippen molar-refractivity contribution in [2.75, 3.05) is 17.7 Å². The molecule has 0 spiro atoms. The molecule has 37 heavy (non-hydrogen) atoms. The number of carbonyl (C=O) groups is 2. The predicted molar refractivity (Wildman–Crippen MR) is 141 cm³/mol. The number of hydrogen-bond donors (Lipinski definition) is 2. The number of thioether (sulfide) groups is 1. The van der Waals surface area contributed by atoms with Crippen LogP contribution in [0.15, 0.2) is 78.0 Å². The lowest BCUT2D eigenvalue weighted by Crippen LogP contribution is -2.29. The number of ether oxygens (including phenoxy) is 1. The Morgan fingerprint density at radius 1 is 1.03 bits per heavy atom. The molecule has 0 saturated heterocycles. The number of nitrogens with one attached hydrogen (secondary N) is 2. The molecule has 4 rings (SSSR count). The van der Waals surface area contributed by atoms with Gasteiger partial charge in [0.25, 0.3) is 5.91 Å². The number of anilines is 1. The molecular weight excluding hydrogens is 517 g/mol. The average molecular weight is 540 g/mol. The summed E-state index contributed by atoms with van der Waals surface area (Å²) in [6, 6.07) is 20.3. The largest absolute Gasteiger partial charge is 0.484 e. The summed E-state index contributed by atoms with van der Waals surface area (Å²) < 4.78 is 21.1. The highest BCUT2D eigenvalue weighted by Crippen LogP contribution is 2.23. The molecule has 1 heterocycles. The van der Waals surface area contributed by atoms with Crippen molar-refractivity contribution in [2.24, 2.45) is 0 Å². The summed E-state index contributed by atoms with van der Waals surface area (Å²) >= 11 is 7.01. The average Bonchev–Trinajstić information content (AvgIpc) is 3.30. The Hall–Kier alpha value is -3.89. The number of halogens is 2. The molecule has 11 heteroatoms. The number of para-hydroxylation sites is 1. The smallest absolute Gasteiger partial charge is 0.258 e. The Morgan fingerprint density at radius 2 is 1.81 bits per heavy atom. The molecule has 2 N–H and O–H groups in total. The molecule has 1 aromatic heterocycles. The molecule has 0 aliphatic rings. The molecule has 0 radical (unpaired) electrons. The summed E-state index contributed by atoms with van der Waals surface area (Å²) in [6.45, 7) is 1.86. The van der Waals surface area contributed by atoms with Crippen LogP contribution in [0, 0.1) is 12.7 Å². The van der Waals surface area contributed by atoms with Crippen LogP contribution in [-0.2, 0) is 16.1 Å². The number of carbonyl (C=O) groups excluding carboxylic acids is 2. The van der Waals surface area contributed by atoms with Crippen LogP contribution in [0.25, 0.3) is 5.69 Å². The van der Waals surface area contributed by atoms with Crippen LogP contribution in [0.5, 0.6) is 5.75 Å². The van der Waals surface area contributed by atoms with E-state index in [4.69, 9.17) is 16.3 Å². The molecule has 0 aliphatic carbocycles. The first-order chi connectivity index (χ1) is 17.9. The van der Waals surface area contributed by atoms with Crippen molar-refractivity contribution in [3.63, 3.8) is 0 Å². The van der Waals surface area contributed by atoms with Crippen molar-refractivity contribution in [2.45, 2.75) is 18.6 Å². The van der Waals surface area contributed by atoms with E-state index in [1.807, 2.05) is 31.2 Å². The van der Waals surface area contributed by atoms with Crippen molar-refractivity contribution in [3.05, 3.63) is 95.0 Å². The maximum absolute atomic E-state index is 13.9. The van der Waals surface area contributed by atoms with Crippen molar-refractivity contribution in [1.29, 1.82) is 0 Å². The van der Waals surface area contributed by atoms with Crippen LogP contribution in [-0.4, -0.2) is 38.9 Å². The van der Waals surface area contributed by atoms with E-state index in [-0.39, 0.29) is 36.4 Å². The molecule has 0 bridgehead atoms. The lowest BCUT2D eigenvalue weighted by molar-refractivity contribution is -0.123. The Morgan fingerprint density at radius 3 is 2.57 bits per heavy atom. The number of rotatable bonds is 10. The van der Waals surface area contributed by atoms with Crippen LogP contribution in [0.2, 0.25) is 5.02 Å². The first-order valence-electron chi connectivity index (χ1n) is 11.2. The molecule has 0 unspecified atom stereocenters. The van der Waals surface area contributed by atoms with Gasteiger partial charge in [0.2, 0.25) is 5.91 Å². The van der Waals surface area contributed by atoms with Crippen LogP contribution < -0.4 is 15.4 Å². The standard InChI is InChI=1S/C26H23ClFN5O3S/c1-17-5-4-6-19(13-17)33-23(14-29-24(34)15-36-20-11-9-18(27)10-12-20)31-32-26(33)37-16-25(35)30-22-8-3-2-7-21(22)28/h2-13H,14-16H2,1H3,(H,29,34)(H,30,35). The highest BCUT2D eigenvalue weighted by Gasteiger charge is 2.17. The monoisotopic (exact) mass is 539 g/mol. The van der Waals surface area contributed by atoms with E-state index in [1.165, 1.54) is 12.1 Å². The van der Waals surface area contributed by atoms with Crippen LogP contribution in [0.4, 0.5) is 10.1 Å². The van der Waals surface area contributed by atoms with E-state index in [0.29, 0.717) is 21.8 Å². The molecule has 2 amide bonds. The zero-order valence-corrected chi connectivity index (χ0v) is 21.4. The van der Waals surface area contributed by atoms with Crippen LogP contribution >= 0.6 is 23.4 Å². The second-order valence-corrected chi connectivity index (χ2v) is 9.29. The fraction of sp³-hybridized carbons (Fsp3) is 0.154. The second kappa shape index (κ2) is 12.4. The van der Waals surface area contributed by atoms with Gasteiger partial charge in [0.1, 0.15) is 11.6 Å². The minimum Gasteiger partial charge on any atom is -0.484 e. The first-order valence-corrected chi connectivity index (χ1v) is 12.6.